The number of esters is 1. The fourth-order valence-corrected chi connectivity index (χ4v) is 5.41. The van der Waals surface area contributed by atoms with Crippen LogP contribution in [0, 0.1) is 0 Å². The molecule has 0 unspecified atom stereocenters. The number of thiophene rings is 1. The summed E-state index contributed by atoms with van der Waals surface area (Å²) in [6.07, 6.45) is 2.08. The second kappa shape index (κ2) is 5.72. The molecular formula is C11H14BrNO5S2. The number of sulfonamides is 1. The molecule has 2 rings (SSSR count). The van der Waals surface area contributed by atoms with Gasteiger partial charge in [-0.15, -0.1) is 11.3 Å². The Bertz CT molecular complexity index is 621. The van der Waals surface area contributed by atoms with Crippen LogP contribution in [0.4, 0.5) is 0 Å². The first-order valence-electron chi connectivity index (χ1n) is 5.87. The van der Waals surface area contributed by atoms with Gasteiger partial charge in [-0.3, -0.25) is 0 Å². The summed E-state index contributed by atoms with van der Waals surface area (Å²) in [6, 6.07) is 1.26. The minimum Gasteiger partial charge on any atom is -0.465 e. The summed E-state index contributed by atoms with van der Waals surface area (Å²) in [5.74, 6) is -0.588. The van der Waals surface area contributed by atoms with Crippen molar-refractivity contribution < 1.29 is 23.1 Å². The lowest BCUT2D eigenvalue weighted by Crippen LogP contribution is -2.47. The van der Waals surface area contributed by atoms with Gasteiger partial charge in [0.2, 0.25) is 10.0 Å². The Balaban J connectivity index is 2.16. The second-order valence-corrected chi connectivity index (χ2v) is 8.75. The molecule has 6 nitrogen and oxygen atoms in total. The van der Waals surface area contributed by atoms with Crippen LogP contribution in [0.2, 0.25) is 0 Å². The number of aliphatic hydroxyl groups is 1. The van der Waals surface area contributed by atoms with Crippen molar-refractivity contribution in [2.45, 2.75) is 29.8 Å². The van der Waals surface area contributed by atoms with Gasteiger partial charge in [0.1, 0.15) is 9.77 Å². The van der Waals surface area contributed by atoms with E-state index in [9.17, 15) is 18.3 Å². The Morgan fingerprint density at radius 1 is 1.60 bits per heavy atom. The lowest BCUT2D eigenvalue weighted by Gasteiger charge is -2.36. The number of carbonyl (C=O) groups excluding carboxylic acids is 1. The van der Waals surface area contributed by atoms with Crippen LogP contribution in [0.15, 0.2) is 14.7 Å². The van der Waals surface area contributed by atoms with E-state index in [1.807, 2.05) is 0 Å². The SMILES string of the molecule is COC(=O)c1cc(S(=O)(=O)NCC2(O)CCC2)c(Br)s1. The van der Waals surface area contributed by atoms with Crippen molar-refractivity contribution >= 4 is 43.3 Å². The summed E-state index contributed by atoms with van der Waals surface area (Å²) in [7, 11) is -2.54. The molecule has 0 spiro atoms. The Morgan fingerprint density at radius 3 is 2.75 bits per heavy atom. The van der Waals surface area contributed by atoms with Gasteiger partial charge in [-0.05, 0) is 41.3 Å². The zero-order chi connectivity index (χ0) is 15.0. The monoisotopic (exact) mass is 383 g/mol. The van der Waals surface area contributed by atoms with Crippen LogP contribution < -0.4 is 4.72 Å². The largest absolute Gasteiger partial charge is 0.465 e. The highest BCUT2D eigenvalue weighted by molar-refractivity contribution is 9.11. The number of halogens is 1. The highest BCUT2D eigenvalue weighted by Crippen LogP contribution is 2.34. The van der Waals surface area contributed by atoms with Gasteiger partial charge in [-0.1, -0.05) is 0 Å². The van der Waals surface area contributed by atoms with Crippen LogP contribution >= 0.6 is 27.3 Å². The van der Waals surface area contributed by atoms with E-state index in [0.29, 0.717) is 16.6 Å². The van der Waals surface area contributed by atoms with Crippen molar-refractivity contribution in [2.24, 2.45) is 0 Å². The van der Waals surface area contributed by atoms with E-state index >= 15 is 0 Å². The molecule has 1 aromatic rings. The van der Waals surface area contributed by atoms with E-state index in [0.717, 1.165) is 17.8 Å². The molecule has 1 aliphatic carbocycles. The molecule has 2 N–H and O–H groups in total. The van der Waals surface area contributed by atoms with Crippen molar-refractivity contribution in [1.82, 2.24) is 4.72 Å². The maximum absolute atomic E-state index is 12.2. The number of hydrogen-bond donors (Lipinski definition) is 2. The molecule has 9 heteroatoms. The zero-order valence-corrected chi connectivity index (χ0v) is 13.9. The molecule has 0 aliphatic heterocycles. The maximum atomic E-state index is 12.2. The molecule has 0 saturated heterocycles. The molecule has 0 amide bonds. The van der Waals surface area contributed by atoms with Gasteiger partial charge in [-0.25, -0.2) is 17.9 Å². The van der Waals surface area contributed by atoms with E-state index in [1.165, 1.54) is 13.2 Å². The summed E-state index contributed by atoms with van der Waals surface area (Å²) in [6.45, 7) is -0.0226. The van der Waals surface area contributed by atoms with Crippen LogP contribution in [0.5, 0.6) is 0 Å². The van der Waals surface area contributed by atoms with E-state index in [4.69, 9.17) is 0 Å². The summed E-state index contributed by atoms with van der Waals surface area (Å²) >= 11 is 4.12. The third-order valence-corrected chi connectivity index (χ3v) is 6.84. The van der Waals surface area contributed by atoms with Crippen LogP contribution in [0.1, 0.15) is 28.9 Å². The Hall–Kier alpha value is -0.480. The second-order valence-electron chi connectivity index (χ2n) is 4.64. The fraction of sp³-hybridized carbons (Fsp3) is 0.545. The molecular weight excluding hydrogens is 370 g/mol. The van der Waals surface area contributed by atoms with Gasteiger partial charge < -0.3 is 9.84 Å². The molecule has 1 fully saturated rings. The van der Waals surface area contributed by atoms with Crippen molar-refractivity contribution in [3.63, 3.8) is 0 Å². The standard InChI is InChI=1S/C11H14BrNO5S2/c1-18-10(14)7-5-8(9(12)19-7)20(16,17)13-6-11(15)3-2-4-11/h5,13,15H,2-4,6H2,1H3. The van der Waals surface area contributed by atoms with E-state index in [-0.39, 0.29) is 16.3 Å². The van der Waals surface area contributed by atoms with Gasteiger partial charge >= 0.3 is 5.97 Å². The summed E-state index contributed by atoms with van der Waals surface area (Å²) in [5.41, 5.74) is -0.944. The van der Waals surface area contributed by atoms with Crippen LogP contribution in [0.3, 0.4) is 0 Å². The van der Waals surface area contributed by atoms with Gasteiger partial charge in [0.25, 0.3) is 0 Å². The zero-order valence-electron chi connectivity index (χ0n) is 10.7. The molecule has 0 bridgehead atoms. The number of nitrogens with one attached hydrogen (secondary N) is 1. The summed E-state index contributed by atoms with van der Waals surface area (Å²) in [5, 5.41) is 9.91. The molecule has 0 radical (unpaired) electrons. The molecule has 1 aliphatic rings. The number of hydrogen-bond acceptors (Lipinski definition) is 6. The Labute approximate surface area is 129 Å². The van der Waals surface area contributed by atoms with E-state index in [1.54, 1.807) is 0 Å². The van der Waals surface area contributed by atoms with Gasteiger partial charge in [0.05, 0.1) is 16.5 Å². The molecule has 112 valence electrons. The Kier molecular flexibility index (Phi) is 4.55. The fourth-order valence-electron chi connectivity index (χ4n) is 1.81. The maximum Gasteiger partial charge on any atom is 0.348 e. The third-order valence-electron chi connectivity index (χ3n) is 3.21. The first kappa shape index (κ1) is 15.9. The van der Waals surface area contributed by atoms with Crippen LogP contribution in [-0.4, -0.2) is 38.7 Å². The smallest absolute Gasteiger partial charge is 0.348 e. The topological polar surface area (TPSA) is 92.7 Å². The molecule has 1 heterocycles. The van der Waals surface area contributed by atoms with Gasteiger partial charge in [0.15, 0.2) is 0 Å². The predicted molar refractivity (Wildman–Crippen MR) is 77.3 cm³/mol. The van der Waals surface area contributed by atoms with Gasteiger partial charge in [0, 0.05) is 6.54 Å². The van der Waals surface area contributed by atoms with Crippen molar-refractivity contribution in [2.75, 3.05) is 13.7 Å². The lowest BCUT2D eigenvalue weighted by molar-refractivity contribution is -0.0271. The molecule has 0 aromatic carbocycles. The summed E-state index contributed by atoms with van der Waals surface area (Å²) in [4.78, 5) is 11.6. The van der Waals surface area contributed by atoms with Crippen molar-refractivity contribution in [1.29, 1.82) is 0 Å². The predicted octanol–water partition coefficient (Wildman–Crippen LogP) is 1.49. The summed E-state index contributed by atoms with van der Waals surface area (Å²) < 4.78 is 31.6. The van der Waals surface area contributed by atoms with Crippen LogP contribution in [0.25, 0.3) is 0 Å². The normalized spacial score (nSPS) is 17.6. The third kappa shape index (κ3) is 3.22. The van der Waals surface area contributed by atoms with Crippen LogP contribution in [-0.2, 0) is 14.8 Å². The number of carbonyl (C=O) groups is 1. The van der Waals surface area contributed by atoms with Crippen molar-refractivity contribution in [3.05, 3.63) is 14.7 Å². The molecule has 0 atom stereocenters. The average Bonchev–Trinajstić information content (AvgIpc) is 2.76. The first-order chi connectivity index (χ1) is 9.27. The van der Waals surface area contributed by atoms with E-state index < -0.39 is 21.6 Å². The minimum atomic E-state index is -3.78. The first-order valence-corrected chi connectivity index (χ1v) is 8.96. The number of ether oxygens (including phenoxy) is 1. The highest BCUT2D eigenvalue weighted by atomic mass is 79.9. The Morgan fingerprint density at radius 2 is 2.25 bits per heavy atom. The van der Waals surface area contributed by atoms with Crippen molar-refractivity contribution in [3.8, 4) is 0 Å². The average molecular weight is 384 g/mol. The minimum absolute atomic E-state index is 0.0224. The number of rotatable bonds is 5. The quantitative estimate of drug-likeness (QED) is 0.751. The molecule has 1 aromatic heterocycles. The molecule has 20 heavy (non-hydrogen) atoms. The molecule has 1 saturated carbocycles. The highest BCUT2D eigenvalue weighted by Gasteiger charge is 2.36. The van der Waals surface area contributed by atoms with E-state index in [2.05, 4.69) is 25.4 Å². The van der Waals surface area contributed by atoms with Gasteiger partial charge in [-0.2, -0.15) is 0 Å². The lowest BCUT2D eigenvalue weighted by atomic mass is 9.81. The number of methoxy groups -OCH3 is 1.